The van der Waals surface area contributed by atoms with Crippen molar-refractivity contribution in [1.82, 2.24) is 0 Å². The molecule has 0 radical (unpaired) electrons. The summed E-state index contributed by atoms with van der Waals surface area (Å²) in [6.45, 7) is 2.44. The van der Waals surface area contributed by atoms with Crippen molar-refractivity contribution in [2.24, 2.45) is 0 Å². The molecule has 1 heteroatoms. The maximum absolute atomic E-state index is 2.52. The van der Waals surface area contributed by atoms with Crippen LogP contribution in [-0.2, 0) is 0 Å². The number of rotatable bonds is 0. The minimum atomic E-state index is -1.82. The van der Waals surface area contributed by atoms with Crippen LogP contribution in [0.2, 0.25) is 0 Å². The lowest BCUT2D eigenvalue weighted by Gasteiger charge is -2.30. The molecule has 3 aliphatic heterocycles. The molecule has 1 unspecified atom stereocenters. The van der Waals surface area contributed by atoms with E-state index in [2.05, 4.69) is 49.4 Å². The quantitative estimate of drug-likeness (QED) is 0.384. The van der Waals surface area contributed by atoms with Crippen molar-refractivity contribution in [2.45, 2.75) is 6.92 Å². The third-order valence-corrected chi connectivity index (χ3v) is 12.0. The van der Waals surface area contributed by atoms with Gasteiger partial charge in [-0.2, -0.15) is 0 Å². The summed E-state index contributed by atoms with van der Waals surface area (Å²) in [6, 6.07) is 16.7. The smallest absolute Gasteiger partial charge is 0.0619 e. The minimum absolute atomic E-state index is 1.50. The predicted molar refractivity (Wildman–Crippen MR) is 94.8 cm³/mol. The van der Waals surface area contributed by atoms with Crippen LogP contribution in [0.25, 0.3) is 49.0 Å². The van der Waals surface area contributed by atoms with Crippen LogP contribution < -0.4 is 20.8 Å². The van der Waals surface area contributed by atoms with Crippen molar-refractivity contribution in [3.05, 3.63) is 47.7 Å². The van der Waals surface area contributed by atoms with Gasteiger partial charge in [0, 0.05) is 0 Å². The zero-order valence-electron chi connectivity index (χ0n) is 12.0. The molecule has 1 spiro atoms. The maximum atomic E-state index is 2.52. The standard InChI is InChI=1S/C21H10Si/c1-9-16-13-8-12-10-4-2-6-14(18(10)16)22(9)15-7-3-5-11-17(12)20(19(11)15)21(13)22/h2-8H,1H3. The molecule has 98 valence electrons. The molecule has 0 amide bonds. The van der Waals surface area contributed by atoms with Gasteiger partial charge in [-0.15, -0.1) is 0 Å². The highest BCUT2D eigenvalue weighted by Gasteiger charge is 2.60. The third-order valence-electron chi connectivity index (χ3n) is 6.91. The average molecular weight is 290 g/mol. The van der Waals surface area contributed by atoms with Crippen LogP contribution in [0, 0.1) is 0 Å². The summed E-state index contributed by atoms with van der Waals surface area (Å²) in [6.07, 6.45) is 0. The Morgan fingerprint density at radius 2 is 1.64 bits per heavy atom. The number of hydrogen-bond acceptors (Lipinski definition) is 0. The molecule has 0 aromatic heterocycles. The van der Waals surface area contributed by atoms with E-state index in [9.17, 15) is 0 Å². The van der Waals surface area contributed by atoms with Crippen LogP contribution in [-0.4, -0.2) is 8.07 Å². The van der Waals surface area contributed by atoms with Gasteiger partial charge in [-0.25, -0.2) is 0 Å². The van der Waals surface area contributed by atoms with Crippen molar-refractivity contribution in [1.29, 1.82) is 0 Å². The van der Waals surface area contributed by atoms with Crippen LogP contribution in [0.3, 0.4) is 0 Å². The minimum Gasteiger partial charge on any atom is -0.0619 e. The van der Waals surface area contributed by atoms with Crippen LogP contribution in [0.15, 0.2) is 42.5 Å². The molecule has 0 saturated heterocycles. The largest absolute Gasteiger partial charge is 0.178 e. The Hall–Kier alpha value is -2.38. The molecule has 4 aromatic carbocycles. The molecule has 0 fully saturated rings. The van der Waals surface area contributed by atoms with E-state index in [4.69, 9.17) is 0 Å². The van der Waals surface area contributed by atoms with Gasteiger partial charge in [0.25, 0.3) is 0 Å². The highest BCUT2D eigenvalue weighted by Crippen LogP contribution is 2.57. The average Bonchev–Trinajstić information content (AvgIpc) is 3.08. The van der Waals surface area contributed by atoms with E-state index in [1.165, 1.54) is 16.3 Å². The summed E-state index contributed by atoms with van der Waals surface area (Å²) in [4.78, 5) is 0. The molecular weight excluding hydrogens is 280 g/mol. The fourth-order valence-corrected chi connectivity index (χ4v) is 12.2. The van der Waals surface area contributed by atoms with Crippen molar-refractivity contribution < 1.29 is 0 Å². The van der Waals surface area contributed by atoms with E-state index >= 15 is 0 Å². The highest BCUT2D eigenvalue weighted by atomic mass is 28.3. The second-order valence-corrected chi connectivity index (χ2v) is 11.1. The Labute approximate surface area is 127 Å². The lowest BCUT2D eigenvalue weighted by molar-refractivity contribution is 1.62. The van der Waals surface area contributed by atoms with Crippen LogP contribution >= 0.6 is 0 Å². The number of hydrogen-bond donors (Lipinski definition) is 0. The molecule has 0 N–H and O–H groups in total. The number of benzene rings is 4. The Morgan fingerprint density at radius 1 is 0.773 bits per heavy atom. The lowest BCUT2D eigenvalue weighted by atomic mass is 9.76. The zero-order valence-corrected chi connectivity index (χ0v) is 13.0. The predicted octanol–water partition coefficient (Wildman–Crippen LogP) is 2.18. The fraction of sp³-hybridized carbons (Fsp3) is 0.0476. The fourth-order valence-electron chi connectivity index (χ4n) is 6.37. The Kier molecular flexibility index (Phi) is 1.02. The molecule has 0 saturated carbocycles. The first-order valence-corrected chi connectivity index (χ1v) is 10.1. The summed E-state index contributed by atoms with van der Waals surface area (Å²) in [5.41, 5.74) is 6.36. The highest BCUT2D eigenvalue weighted by molar-refractivity contribution is 7.28. The van der Waals surface area contributed by atoms with E-state index in [1.807, 2.05) is 0 Å². The van der Waals surface area contributed by atoms with E-state index in [-0.39, 0.29) is 0 Å². The Morgan fingerprint density at radius 3 is 2.59 bits per heavy atom. The molecular formula is C21H10Si. The van der Waals surface area contributed by atoms with Crippen LogP contribution in [0.4, 0.5) is 0 Å². The van der Waals surface area contributed by atoms with Crippen molar-refractivity contribution in [3.8, 4) is 22.3 Å². The van der Waals surface area contributed by atoms with Crippen molar-refractivity contribution in [2.75, 3.05) is 0 Å². The Bertz CT molecular complexity index is 1370. The second-order valence-electron chi connectivity index (χ2n) is 7.30. The van der Waals surface area contributed by atoms with E-state index in [0.29, 0.717) is 0 Å². The first kappa shape index (κ1) is 9.60. The van der Waals surface area contributed by atoms with E-state index in [1.54, 1.807) is 53.4 Å². The molecule has 3 heterocycles. The summed E-state index contributed by atoms with van der Waals surface area (Å²) >= 11 is 0. The zero-order chi connectivity index (χ0) is 14.0. The van der Waals surface area contributed by atoms with E-state index in [0.717, 1.165) is 0 Å². The van der Waals surface area contributed by atoms with Gasteiger partial charge < -0.3 is 0 Å². The van der Waals surface area contributed by atoms with Gasteiger partial charge >= 0.3 is 0 Å². The molecule has 4 aliphatic rings. The summed E-state index contributed by atoms with van der Waals surface area (Å²) in [5, 5.41) is 14.7. The van der Waals surface area contributed by atoms with Crippen LogP contribution in [0.1, 0.15) is 6.92 Å². The van der Waals surface area contributed by atoms with Crippen LogP contribution in [0.5, 0.6) is 0 Å². The van der Waals surface area contributed by atoms with Gasteiger partial charge in [-0.3, -0.25) is 0 Å². The molecule has 4 aromatic rings. The van der Waals surface area contributed by atoms with Gasteiger partial charge in [0.05, 0.1) is 0 Å². The lowest BCUT2D eigenvalue weighted by Crippen LogP contribution is -2.63. The molecule has 1 aliphatic carbocycles. The molecule has 22 heavy (non-hydrogen) atoms. The molecule has 4 bridgehead atoms. The summed E-state index contributed by atoms with van der Waals surface area (Å²) < 4.78 is 0. The first-order valence-electron chi connectivity index (χ1n) is 8.07. The molecule has 1 atom stereocenters. The Balaban J connectivity index is 1.97. The molecule has 0 nitrogen and oxygen atoms in total. The monoisotopic (exact) mass is 290 g/mol. The van der Waals surface area contributed by atoms with Gasteiger partial charge in [-0.05, 0) is 77.6 Å². The second kappa shape index (κ2) is 2.35. The van der Waals surface area contributed by atoms with Gasteiger partial charge in [0.15, 0.2) is 8.07 Å². The van der Waals surface area contributed by atoms with Gasteiger partial charge in [-0.1, -0.05) is 41.6 Å². The molecule has 8 rings (SSSR count). The van der Waals surface area contributed by atoms with Crippen molar-refractivity contribution >= 4 is 50.4 Å². The third kappa shape index (κ3) is 0.555. The van der Waals surface area contributed by atoms with Gasteiger partial charge in [0.1, 0.15) is 0 Å². The number of fused-ring (bicyclic) bond motifs is 4. The van der Waals surface area contributed by atoms with Gasteiger partial charge in [0.2, 0.25) is 0 Å². The van der Waals surface area contributed by atoms with Crippen molar-refractivity contribution in [3.63, 3.8) is 0 Å². The SMILES string of the molecule is CC1=c2c3cc4c5c6c3[Si]1(c1cccc-5c1-6)c1cccc4c12. The first-order chi connectivity index (χ1) is 10.8. The normalized spacial score (nSPS) is 22.9. The summed E-state index contributed by atoms with van der Waals surface area (Å²) in [5.74, 6) is 0. The van der Waals surface area contributed by atoms with E-state index < -0.39 is 8.07 Å². The topological polar surface area (TPSA) is 0 Å². The maximum Gasteiger partial charge on any atom is 0.178 e. The summed E-state index contributed by atoms with van der Waals surface area (Å²) in [7, 11) is -1.82.